The highest BCUT2D eigenvalue weighted by Crippen LogP contribution is 2.42. The Hall–Kier alpha value is -1.15. The lowest BCUT2D eigenvalue weighted by Crippen LogP contribution is -2.21. The molecule has 1 aliphatic rings. The molecule has 0 radical (unpaired) electrons. The first-order chi connectivity index (χ1) is 7.65. The zero-order valence-electron chi connectivity index (χ0n) is 9.81. The van der Waals surface area contributed by atoms with Gasteiger partial charge in [0.15, 0.2) is 0 Å². The Morgan fingerprint density at radius 2 is 2.06 bits per heavy atom. The molecule has 86 valence electrons. The van der Waals surface area contributed by atoms with E-state index < -0.39 is 0 Å². The summed E-state index contributed by atoms with van der Waals surface area (Å²) in [5, 5.41) is 9.06. The van der Waals surface area contributed by atoms with Crippen LogP contribution in [-0.4, -0.2) is 17.5 Å². The maximum atomic E-state index is 12.1. The second-order valence-electron chi connectivity index (χ2n) is 4.80. The van der Waals surface area contributed by atoms with Crippen LogP contribution in [0, 0.1) is 5.92 Å². The Morgan fingerprint density at radius 3 is 2.69 bits per heavy atom. The predicted molar refractivity (Wildman–Crippen MR) is 63.5 cm³/mol. The molecule has 1 unspecified atom stereocenters. The van der Waals surface area contributed by atoms with E-state index in [9.17, 15) is 4.79 Å². The van der Waals surface area contributed by atoms with Gasteiger partial charge in [0.2, 0.25) is 0 Å². The fourth-order valence-corrected chi connectivity index (χ4v) is 2.59. The van der Waals surface area contributed by atoms with Gasteiger partial charge in [-0.15, -0.1) is 0 Å². The zero-order chi connectivity index (χ0) is 11.7. The molecule has 0 amide bonds. The Labute approximate surface area is 96.3 Å². The molecule has 2 rings (SSSR count). The van der Waals surface area contributed by atoms with Crippen molar-refractivity contribution in [2.24, 2.45) is 5.92 Å². The summed E-state index contributed by atoms with van der Waals surface area (Å²) in [6.07, 6.45) is 0.891. The number of hydrogen-bond acceptors (Lipinski definition) is 2. The number of benzene rings is 1. The van der Waals surface area contributed by atoms with Gasteiger partial charge in [-0.05, 0) is 23.5 Å². The topological polar surface area (TPSA) is 37.3 Å². The van der Waals surface area contributed by atoms with E-state index in [-0.39, 0.29) is 24.2 Å². The summed E-state index contributed by atoms with van der Waals surface area (Å²) >= 11 is 0. The highest BCUT2D eigenvalue weighted by molar-refractivity contribution is 5.89. The summed E-state index contributed by atoms with van der Waals surface area (Å²) in [5.41, 5.74) is 2.46. The van der Waals surface area contributed by atoms with Crippen molar-refractivity contribution in [2.45, 2.75) is 32.1 Å². The van der Waals surface area contributed by atoms with Gasteiger partial charge in [0.05, 0.1) is 6.61 Å². The number of carbonyl (C=O) groups excluding carboxylic acids is 1. The van der Waals surface area contributed by atoms with Gasteiger partial charge in [0.1, 0.15) is 5.78 Å². The first-order valence-corrected chi connectivity index (χ1v) is 5.88. The van der Waals surface area contributed by atoms with Crippen LogP contribution in [0.3, 0.4) is 0 Å². The first-order valence-electron chi connectivity index (χ1n) is 5.88. The molecule has 0 aromatic heterocycles. The molecule has 0 aliphatic heterocycles. The summed E-state index contributed by atoms with van der Waals surface area (Å²) in [6.45, 7) is 3.91. The standard InChI is InChI=1S/C14H18O2/c1-9-7-13(14(16)10(2)8-15)12-6-4-3-5-11(9)12/h3-6,9-10,13,15H,7-8H2,1-2H3/t9-,10?,13-/m0/s1. The van der Waals surface area contributed by atoms with Gasteiger partial charge in [-0.3, -0.25) is 4.79 Å². The normalized spacial score (nSPS) is 25.2. The smallest absolute Gasteiger partial charge is 0.145 e. The van der Waals surface area contributed by atoms with Crippen LogP contribution in [0.1, 0.15) is 43.2 Å². The van der Waals surface area contributed by atoms with Crippen LogP contribution >= 0.6 is 0 Å². The first kappa shape index (κ1) is 11.3. The number of Topliss-reactive ketones (excluding diaryl/α,β-unsaturated/α-hetero) is 1. The number of rotatable bonds is 3. The number of aliphatic hydroxyl groups is 1. The average Bonchev–Trinajstić information content (AvgIpc) is 2.65. The summed E-state index contributed by atoms with van der Waals surface area (Å²) in [5.74, 6) is 0.382. The number of fused-ring (bicyclic) bond motifs is 1. The Bertz CT molecular complexity index is 397. The van der Waals surface area contributed by atoms with E-state index >= 15 is 0 Å². The van der Waals surface area contributed by atoms with Crippen molar-refractivity contribution in [1.29, 1.82) is 0 Å². The van der Waals surface area contributed by atoms with E-state index in [0.717, 1.165) is 6.42 Å². The van der Waals surface area contributed by atoms with Crippen molar-refractivity contribution in [1.82, 2.24) is 0 Å². The average molecular weight is 218 g/mol. The highest BCUT2D eigenvalue weighted by Gasteiger charge is 2.34. The van der Waals surface area contributed by atoms with Crippen molar-refractivity contribution >= 4 is 5.78 Å². The lowest BCUT2D eigenvalue weighted by atomic mass is 9.89. The molecule has 2 heteroatoms. The second kappa shape index (κ2) is 4.38. The van der Waals surface area contributed by atoms with Gasteiger partial charge in [-0.2, -0.15) is 0 Å². The van der Waals surface area contributed by atoms with E-state index in [0.29, 0.717) is 5.92 Å². The summed E-state index contributed by atoms with van der Waals surface area (Å²) in [7, 11) is 0. The quantitative estimate of drug-likeness (QED) is 0.846. The predicted octanol–water partition coefficient (Wildman–Crippen LogP) is 2.47. The van der Waals surface area contributed by atoms with Crippen LogP contribution in [0.25, 0.3) is 0 Å². The van der Waals surface area contributed by atoms with Gasteiger partial charge in [-0.1, -0.05) is 38.1 Å². The number of carbonyl (C=O) groups is 1. The van der Waals surface area contributed by atoms with E-state index in [1.807, 2.05) is 18.2 Å². The Balaban J connectivity index is 2.30. The Kier molecular flexibility index (Phi) is 3.10. The summed E-state index contributed by atoms with van der Waals surface area (Å²) in [6, 6.07) is 8.17. The maximum absolute atomic E-state index is 12.1. The largest absolute Gasteiger partial charge is 0.396 e. The van der Waals surface area contributed by atoms with Crippen molar-refractivity contribution in [3.8, 4) is 0 Å². The molecule has 0 bridgehead atoms. The lowest BCUT2D eigenvalue weighted by Gasteiger charge is -2.14. The molecular formula is C14H18O2. The highest BCUT2D eigenvalue weighted by atomic mass is 16.3. The van der Waals surface area contributed by atoms with E-state index in [1.54, 1.807) is 6.92 Å². The van der Waals surface area contributed by atoms with Gasteiger partial charge in [0.25, 0.3) is 0 Å². The second-order valence-corrected chi connectivity index (χ2v) is 4.80. The van der Waals surface area contributed by atoms with Crippen LogP contribution in [0.5, 0.6) is 0 Å². The van der Waals surface area contributed by atoms with Crippen LogP contribution in [0.15, 0.2) is 24.3 Å². The van der Waals surface area contributed by atoms with E-state index in [1.165, 1.54) is 11.1 Å². The molecule has 1 aromatic rings. The van der Waals surface area contributed by atoms with Crippen molar-refractivity contribution < 1.29 is 9.90 Å². The molecule has 1 aliphatic carbocycles. The van der Waals surface area contributed by atoms with Crippen LogP contribution in [0.2, 0.25) is 0 Å². The molecule has 2 nitrogen and oxygen atoms in total. The van der Waals surface area contributed by atoms with Gasteiger partial charge < -0.3 is 5.11 Å². The van der Waals surface area contributed by atoms with Crippen LogP contribution < -0.4 is 0 Å². The minimum Gasteiger partial charge on any atom is -0.396 e. The number of aliphatic hydroxyl groups excluding tert-OH is 1. The van der Waals surface area contributed by atoms with Gasteiger partial charge in [0, 0.05) is 11.8 Å². The molecule has 0 saturated heterocycles. The molecular weight excluding hydrogens is 200 g/mol. The minimum atomic E-state index is -0.247. The SMILES string of the molecule is CC(CO)C(=O)[C@H]1C[C@H](C)c2ccccc21. The monoisotopic (exact) mass is 218 g/mol. The van der Waals surface area contributed by atoms with Crippen molar-refractivity contribution in [3.05, 3.63) is 35.4 Å². The third kappa shape index (κ3) is 1.78. The zero-order valence-corrected chi connectivity index (χ0v) is 9.81. The summed E-state index contributed by atoms with van der Waals surface area (Å²) in [4.78, 5) is 12.1. The molecule has 3 atom stereocenters. The Morgan fingerprint density at radius 1 is 1.44 bits per heavy atom. The van der Waals surface area contributed by atoms with Crippen molar-refractivity contribution in [2.75, 3.05) is 6.61 Å². The maximum Gasteiger partial charge on any atom is 0.145 e. The van der Waals surface area contributed by atoms with Crippen molar-refractivity contribution in [3.63, 3.8) is 0 Å². The van der Waals surface area contributed by atoms with Gasteiger partial charge >= 0.3 is 0 Å². The molecule has 0 saturated carbocycles. The van der Waals surface area contributed by atoms with Gasteiger partial charge in [-0.25, -0.2) is 0 Å². The molecule has 0 spiro atoms. The minimum absolute atomic E-state index is 0.00616. The number of hydrogen-bond donors (Lipinski definition) is 1. The third-order valence-corrected chi connectivity index (χ3v) is 3.59. The van der Waals surface area contributed by atoms with Crippen LogP contribution in [-0.2, 0) is 4.79 Å². The third-order valence-electron chi connectivity index (χ3n) is 3.59. The molecule has 16 heavy (non-hydrogen) atoms. The lowest BCUT2D eigenvalue weighted by molar-refractivity contribution is -0.125. The van der Waals surface area contributed by atoms with E-state index in [2.05, 4.69) is 13.0 Å². The molecule has 1 N–H and O–H groups in total. The number of ketones is 1. The van der Waals surface area contributed by atoms with Crippen LogP contribution in [0.4, 0.5) is 0 Å². The van der Waals surface area contributed by atoms with E-state index in [4.69, 9.17) is 5.11 Å². The molecule has 0 fully saturated rings. The molecule has 0 heterocycles. The fourth-order valence-electron chi connectivity index (χ4n) is 2.59. The molecule has 1 aromatic carbocycles. The fraction of sp³-hybridized carbons (Fsp3) is 0.500. The summed E-state index contributed by atoms with van der Waals surface area (Å²) < 4.78 is 0.